The number of aromatic nitrogens is 1. The highest BCUT2D eigenvalue weighted by atomic mass is 32.1. The van der Waals surface area contributed by atoms with Gasteiger partial charge >= 0.3 is 0 Å². The van der Waals surface area contributed by atoms with Crippen LogP contribution in [0.15, 0.2) is 0 Å². The molecular formula is C16H28N2OS. The zero-order chi connectivity index (χ0) is 14.4. The molecule has 1 heterocycles. The molecule has 1 aromatic rings. The Morgan fingerprint density at radius 3 is 2.95 bits per heavy atom. The number of methoxy groups -OCH3 is 1. The maximum Gasteiger partial charge on any atom is 0.122 e. The van der Waals surface area contributed by atoms with Gasteiger partial charge in [0, 0.05) is 24.4 Å². The molecule has 0 radical (unpaired) electrons. The topological polar surface area (TPSA) is 34.1 Å². The first-order chi connectivity index (χ1) is 9.80. The van der Waals surface area contributed by atoms with Gasteiger partial charge in [-0.15, -0.1) is 11.3 Å². The van der Waals surface area contributed by atoms with Crippen molar-refractivity contribution in [3.63, 3.8) is 0 Å². The second kappa shape index (κ2) is 8.11. The van der Waals surface area contributed by atoms with Crippen LogP contribution in [0.5, 0.6) is 0 Å². The smallest absolute Gasteiger partial charge is 0.122 e. The Balaban J connectivity index is 2.09. The molecule has 3 nitrogen and oxygen atoms in total. The highest BCUT2D eigenvalue weighted by Gasteiger charge is 2.26. The Morgan fingerprint density at radius 2 is 2.25 bits per heavy atom. The lowest BCUT2D eigenvalue weighted by molar-refractivity contribution is 0.0946. The van der Waals surface area contributed by atoms with E-state index in [1.165, 1.54) is 41.3 Å². The third-order valence-corrected chi connectivity index (χ3v) is 5.24. The molecule has 0 saturated carbocycles. The summed E-state index contributed by atoms with van der Waals surface area (Å²) in [5, 5.41) is 4.75. The van der Waals surface area contributed by atoms with Gasteiger partial charge in [0.1, 0.15) is 11.1 Å². The summed E-state index contributed by atoms with van der Waals surface area (Å²) in [4.78, 5) is 6.46. The minimum Gasteiger partial charge on any atom is -0.374 e. The Bertz CT molecular complexity index is 405. The third kappa shape index (κ3) is 3.80. The van der Waals surface area contributed by atoms with Crippen molar-refractivity contribution in [3.8, 4) is 0 Å². The van der Waals surface area contributed by atoms with E-state index < -0.39 is 0 Å². The van der Waals surface area contributed by atoms with Crippen LogP contribution in [0.2, 0.25) is 0 Å². The van der Waals surface area contributed by atoms with Crippen molar-refractivity contribution in [1.82, 2.24) is 10.3 Å². The summed E-state index contributed by atoms with van der Waals surface area (Å²) in [5.41, 5.74) is 1.36. The lowest BCUT2D eigenvalue weighted by atomic mass is 9.91. The number of nitrogens with zero attached hydrogens (tertiary/aromatic N) is 1. The second-order valence-electron chi connectivity index (χ2n) is 5.67. The Hall–Kier alpha value is -0.450. The number of aryl methyl sites for hydroxylation is 1. The number of nitrogens with one attached hydrogen (secondary N) is 1. The molecule has 114 valence electrons. The van der Waals surface area contributed by atoms with E-state index in [2.05, 4.69) is 19.2 Å². The number of fused-ring (bicyclic) bond motifs is 1. The summed E-state index contributed by atoms with van der Waals surface area (Å²) in [6.07, 6.45) is 7.40. The van der Waals surface area contributed by atoms with E-state index in [4.69, 9.17) is 9.72 Å². The molecule has 0 bridgehead atoms. The molecule has 0 spiro atoms. The fourth-order valence-corrected chi connectivity index (χ4v) is 4.23. The van der Waals surface area contributed by atoms with Gasteiger partial charge < -0.3 is 10.1 Å². The summed E-state index contributed by atoms with van der Waals surface area (Å²) in [6, 6.07) is 0. The van der Waals surface area contributed by atoms with Gasteiger partial charge in [-0.05, 0) is 38.6 Å². The normalized spacial score (nSPS) is 19.9. The number of ether oxygens (including phenoxy) is 1. The summed E-state index contributed by atoms with van der Waals surface area (Å²) in [6.45, 7) is 6.61. The van der Waals surface area contributed by atoms with Gasteiger partial charge in [-0.3, -0.25) is 0 Å². The summed E-state index contributed by atoms with van der Waals surface area (Å²) in [7, 11) is 1.81. The van der Waals surface area contributed by atoms with E-state index in [0.717, 1.165) is 25.9 Å². The standard InChI is InChI=1S/C16H28N2OS/c1-4-7-13(19-3)16-18-15-12(11-17-10-5-2)8-6-9-14(15)20-16/h12-13,17H,4-11H2,1-3H3. The van der Waals surface area contributed by atoms with Gasteiger partial charge in [0.25, 0.3) is 0 Å². The first kappa shape index (κ1) is 15.9. The average molecular weight is 296 g/mol. The van der Waals surface area contributed by atoms with Gasteiger partial charge in [0.2, 0.25) is 0 Å². The van der Waals surface area contributed by atoms with Gasteiger partial charge in [0.05, 0.1) is 5.69 Å². The van der Waals surface area contributed by atoms with Crippen molar-refractivity contribution in [1.29, 1.82) is 0 Å². The summed E-state index contributed by atoms with van der Waals surface area (Å²) < 4.78 is 5.62. The van der Waals surface area contributed by atoms with E-state index in [9.17, 15) is 0 Å². The largest absolute Gasteiger partial charge is 0.374 e. The Kier molecular flexibility index (Phi) is 6.46. The summed E-state index contributed by atoms with van der Waals surface area (Å²) >= 11 is 1.89. The Morgan fingerprint density at radius 1 is 1.40 bits per heavy atom. The van der Waals surface area contributed by atoms with E-state index in [1.807, 2.05) is 11.3 Å². The van der Waals surface area contributed by atoms with Crippen LogP contribution in [0.3, 0.4) is 0 Å². The van der Waals surface area contributed by atoms with Crippen LogP contribution in [0.25, 0.3) is 0 Å². The molecule has 4 heteroatoms. The van der Waals surface area contributed by atoms with E-state index >= 15 is 0 Å². The van der Waals surface area contributed by atoms with Crippen LogP contribution in [0.1, 0.15) is 73.6 Å². The molecule has 2 rings (SSSR count). The van der Waals surface area contributed by atoms with Crippen LogP contribution in [0.4, 0.5) is 0 Å². The number of thiazole rings is 1. The maximum absolute atomic E-state index is 5.62. The van der Waals surface area contributed by atoms with E-state index in [-0.39, 0.29) is 6.10 Å². The number of rotatable bonds is 8. The average Bonchev–Trinajstić information content (AvgIpc) is 2.89. The quantitative estimate of drug-likeness (QED) is 0.735. The van der Waals surface area contributed by atoms with Crippen molar-refractivity contribution in [3.05, 3.63) is 15.6 Å². The first-order valence-corrected chi connectivity index (χ1v) is 8.84. The zero-order valence-electron chi connectivity index (χ0n) is 13.1. The highest BCUT2D eigenvalue weighted by molar-refractivity contribution is 7.11. The molecule has 0 aliphatic heterocycles. The first-order valence-electron chi connectivity index (χ1n) is 8.03. The van der Waals surface area contributed by atoms with Crippen LogP contribution in [-0.2, 0) is 11.2 Å². The SMILES string of the molecule is CCCNCC1CCCc2sc(C(CCC)OC)nc21. The van der Waals surface area contributed by atoms with Crippen molar-refractivity contribution >= 4 is 11.3 Å². The van der Waals surface area contributed by atoms with Crippen molar-refractivity contribution in [2.75, 3.05) is 20.2 Å². The third-order valence-electron chi connectivity index (χ3n) is 4.02. The van der Waals surface area contributed by atoms with E-state index in [1.54, 1.807) is 7.11 Å². The van der Waals surface area contributed by atoms with Crippen LogP contribution in [-0.4, -0.2) is 25.2 Å². The molecule has 0 fully saturated rings. The predicted molar refractivity (Wildman–Crippen MR) is 85.6 cm³/mol. The fraction of sp³-hybridized carbons (Fsp3) is 0.812. The molecule has 0 amide bonds. The monoisotopic (exact) mass is 296 g/mol. The van der Waals surface area contributed by atoms with Crippen LogP contribution < -0.4 is 5.32 Å². The second-order valence-corrected chi connectivity index (χ2v) is 6.78. The molecule has 1 aliphatic carbocycles. The molecular weight excluding hydrogens is 268 g/mol. The lowest BCUT2D eigenvalue weighted by Gasteiger charge is -2.21. The fourth-order valence-electron chi connectivity index (χ4n) is 2.92. The number of hydrogen-bond acceptors (Lipinski definition) is 4. The molecule has 2 unspecified atom stereocenters. The van der Waals surface area contributed by atoms with Crippen LogP contribution >= 0.6 is 11.3 Å². The minimum absolute atomic E-state index is 0.194. The van der Waals surface area contributed by atoms with Crippen LogP contribution in [0, 0.1) is 0 Å². The molecule has 20 heavy (non-hydrogen) atoms. The van der Waals surface area contributed by atoms with Gasteiger partial charge in [0.15, 0.2) is 0 Å². The molecule has 2 atom stereocenters. The molecule has 0 aromatic carbocycles. The Labute approximate surface area is 127 Å². The van der Waals surface area contributed by atoms with Crippen molar-refractivity contribution < 1.29 is 4.74 Å². The van der Waals surface area contributed by atoms with Crippen molar-refractivity contribution in [2.45, 2.75) is 64.4 Å². The highest BCUT2D eigenvalue weighted by Crippen LogP contribution is 2.37. The lowest BCUT2D eigenvalue weighted by Crippen LogP contribution is -2.24. The predicted octanol–water partition coefficient (Wildman–Crippen LogP) is 4.05. The molecule has 1 aromatic heterocycles. The summed E-state index contributed by atoms with van der Waals surface area (Å²) in [5.74, 6) is 0.606. The van der Waals surface area contributed by atoms with Gasteiger partial charge in [-0.2, -0.15) is 0 Å². The van der Waals surface area contributed by atoms with Gasteiger partial charge in [-0.1, -0.05) is 20.3 Å². The van der Waals surface area contributed by atoms with Gasteiger partial charge in [-0.25, -0.2) is 4.98 Å². The molecule has 0 saturated heterocycles. The van der Waals surface area contributed by atoms with E-state index in [0.29, 0.717) is 5.92 Å². The molecule has 1 N–H and O–H groups in total. The molecule has 1 aliphatic rings. The van der Waals surface area contributed by atoms with Crippen molar-refractivity contribution in [2.24, 2.45) is 0 Å². The number of hydrogen-bond donors (Lipinski definition) is 1. The maximum atomic E-state index is 5.62. The minimum atomic E-state index is 0.194. The zero-order valence-corrected chi connectivity index (χ0v) is 13.9.